The zero-order valence-electron chi connectivity index (χ0n) is 21.6. The Morgan fingerprint density at radius 2 is 1.75 bits per heavy atom. The van der Waals surface area contributed by atoms with Crippen LogP contribution in [0.1, 0.15) is 61.6 Å². The second-order valence-electron chi connectivity index (χ2n) is 10.3. The summed E-state index contributed by atoms with van der Waals surface area (Å²) in [6.45, 7) is 8.02. The van der Waals surface area contributed by atoms with Gasteiger partial charge in [0.15, 0.2) is 5.78 Å². The molecule has 1 aliphatic rings. The minimum Gasteiger partial charge on any atom is -0.461 e. The summed E-state index contributed by atoms with van der Waals surface area (Å²) in [6, 6.07) is 16.8. The molecule has 0 saturated carbocycles. The van der Waals surface area contributed by atoms with E-state index >= 15 is 0 Å². The first kappa shape index (κ1) is 25.5. The molecule has 1 aromatic heterocycles. The maximum Gasteiger partial charge on any atom is 0.410 e. The van der Waals surface area contributed by atoms with Gasteiger partial charge in [0.1, 0.15) is 17.3 Å². The standard InChI is InChI=1S/C29H34N2O5/c1-6-35-27(33)24-18-21-16-19(12-13-23(21)30(24)5)17-25(32)26-22(20-10-8-7-9-11-20)14-15-31(26)28(34)36-29(2,3)4/h7-13,16,18,22,26H,6,14-15,17H2,1-5H3/t22-,26-/m0/s1. The lowest BCUT2D eigenvalue weighted by atomic mass is 9.87. The van der Waals surface area contributed by atoms with Crippen LogP contribution in [0.25, 0.3) is 10.9 Å². The van der Waals surface area contributed by atoms with Crippen LogP contribution in [0, 0.1) is 0 Å². The summed E-state index contributed by atoms with van der Waals surface area (Å²) in [5.41, 5.74) is 2.57. The van der Waals surface area contributed by atoms with E-state index in [1.54, 1.807) is 22.5 Å². The fourth-order valence-electron chi connectivity index (χ4n) is 4.98. The van der Waals surface area contributed by atoms with Crippen molar-refractivity contribution in [2.75, 3.05) is 13.2 Å². The van der Waals surface area contributed by atoms with Gasteiger partial charge >= 0.3 is 12.1 Å². The average molecular weight is 491 g/mol. The van der Waals surface area contributed by atoms with Crippen molar-refractivity contribution >= 4 is 28.7 Å². The molecule has 0 spiro atoms. The van der Waals surface area contributed by atoms with Gasteiger partial charge in [-0.1, -0.05) is 36.4 Å². The maximum atomic E-state index is 13.8. The second-order valence-corrected chi connectivity index (χ2v) is 10.3. The molecule has 0 radical (unpaired) electrons. The van der Waals surface area contributed by atoms with E-state index in [1.165, 1.54) is 0 Å². The number of aryl methyl sites for hydroxylation is 1. The zero-order valence-corrected chi connectivity index (χ0v) is 21.6. The van der Waals surface area contributed by atoms with Crippen LogP contribution in [0.5, 0.6) is 0 Å². The summed E-state index contributed by atoms with van der Waals surface area (Å²) < 4.78 is 12.6. The van der Waals surface area contributed by atoms with Crippen molar-refractivity contribution < 1.29 is 23.9 Å². The molecular formula is C29H34N2O5. The highest BCUT2D eigenvalue weighted by Gasteiger charge is 2.43. The highest BCUT2D eigenvalue weighted by Crippen LogP contribution is 2.36. The predicted octanol–water partition coefficient (Wildman–Crippen LogP) is 5.26. The summed E-state index contributed by atoms with van der Waals surface area (Å²) in [4.78, 5) is 40.7. The summed E-state index contributed by atoms with van der Waals surface area (Å²) in [5.74, 6) is -0.506. The van der Waals surface area contributed by atoms with E-state index in [0.29, 0.717) is 25.3 Å². The number of aromatic nitrogens is 1. The Hall–Kier alpha value is -3.61. The first-order valence-corrected chi connectivity index (χ1v) is 12.4. The minimum atomic E-state index is -0.648. The summed E-state index contributed by atoms with van der Waals surface area (Å²) in [5, 5.41) is 0.862. The number of rotatable bonds is 6. The van der Waals surface area contributed by atoms with Crippen molar-refractivity contribution in [1.82, 2.24) is 9.47 Å². The van der Waals surface area contributed by atoms with Gasteiger partial charge in [-0.2, -0.15) is 0 Å². The predicted molar refractivity (Wildman–Crippen MR) is 138 cm³/mol. The van der Waals surface area contributed by atoms with Crippen LogP contribution < -0.4 is 0 Å². The number of esters is 1. The molecule has 1 amide bonds. The van der Waals surface area contributed by atoms with Crippen molar-refractivity contribution in [1.29, 1.82) is 0 Å². The van der Waals surface area contributed by atoms with E-state index in [9.17, 15) is 14.4 Å². The molecule has 0 aliphatic carbocycles. The zero-order chi connectivity index (χ0) is 26.0. The molecule has 1 aliphatic heterocycles. The lowest BCUT2D eigenvalue weighted by Crippen LogP contribution is -2.45. The Morgan fingerprint density at radius 1 is 1.03 bits per heavy atom. The molecule has 0 unspecified atom stereocenters. The van der Waals surface area contributed by atoms with Crippen LogP contribution in [0.15, 0.2) is 54.6 Å². The molecule has 7 heteroatoms. The lowest BCUT2D eigenvalue weighted by molar-refractivity contribution is -0.123. The Labute approximate surface area is 212 Å². The fraction of sp³-hybridized carbons (Fsp3) is 0.414. The van der Waals surface area contributed by atoms with Crippen molar-refractivity contribution in [2.24, 2.45) is 7.05 Å². The van der Waals surface area contributed by atoms with Gasteiger partial charge in [-0.3, -0.25) is 9.69 Å². The highest BCUT2D eigenvalue weighted by molar-refractivity contribution is 5.96. The largest absolute Gasteiger partial charge is 0.461 e. The Morgan fingerprint density at radius 3 is 2.42 bits per heavy atom. The third kappa shape index (κ3) is 5.30. The summed E-state index contributed by atoms with van der Waals surface area (Å²) >= 11 is 0. The maximum absolute atomic E-state index is 13.8. The molecule has 1 saturated heterocycles. The van der Waals surface area contributed by atoms with E-state index in [1.807, 2.05) is 76.3 Å². The molecule has 4 rings (SSSR count). The molecule has 2 aromatic carbocycles. The molecule has 190 valence electrons. The molecule has 0 bridgehead atoms. The van der Waals surface area contributed by atoms with Gasteiger partial charge in [-0.25, -0.2) is 9.59 Å². The first-order chi connectivity index (χ1) is 17.1. The van der Waals surface area contributed by atoms with Crippen molar-refractivity contribution in [2.45, 2.75) is 58.1 Å². The van der Waals surface area contributed by atoms with Crippen LogP contribution >= 0.6 is 0 Å². The number of amides is 1. The van der Waals surface area contributed by atoms with Gasteiger partial charge in [0.2, 0.25) is 0 Å². The average Bonchev–Trinajstić information content (AvgIpc) is 3.41. The minimum absolute atomic E-state index is 0.0342. The van der Waals surface area contributed by atoms with Crippen LogP contribution in [-0.2, 0) is 27.7 Å². The van der Waals surface area contributed by atoms with Crippen LogP contribution in [0.2, 0.25) is 0 Å². The molecule has 2 heterocycles. The molecule has 1 fully saturated rings. The van der Waals surface area contributed by atoms with E-state index in [4.69, 9.17) is 9.47 Å². The number of hydrogen-bond acceptors (Lipinski definition) is 5. The molecule has 2 atom stereocenters. The number of carbonyl (C=O) groups is 3. The number of nitrogens with zero attached hydrogens (tertiary/aromatic N) is 2. The van der Waals surface area contributed by atoms with Gasteiger partial charge in [0, 0.05) is 36.8 Å². The van der Waals surface area contributed by atoms with Gasteiger partial charge in [-0.15, -0.1) is 0 Å². The molecule has 36 heavy (non-hydrogen) atoms. The second kappa shape index (κ2) is 10.2. The number of Topliss-reactive ketones (excluding diaryl/α,β-unsaturated/α-hetero) is 1. The topological polar surface area (TPSA) is 77.8 Å². The number of fused-ring (bicyclic) bond motifs is 1. The normalized spacial score (nSPS) is 17.9. The number of hydrogen-bond donors (Lipinski definition) is 0. The smallest absolute Gasteiger partial charge is 0.410 e. The first-order valence-electron chi connectivity index (χ1n) is 12.4. The highest BCUT2D eigenvalue weighted by atomic mass is 16.6. The Balaban J connectivity index is 1.62. The van der Waals surface area contributed by atoms with E-state index in [2.05, 4.69) is 0 Å². The van der Waals surface area contributed by atoms with Gasteiger partial charge < -0.3 is 14.0 Å². The SMILES string of the molecule is CCOC(=O)c1cc2cc(CC(=O)[C@@H]3[C@H](c4ccccc4)CCN3C(=O)OC(C)(C)C)ccc2n1C. The van der Waals surface area contributed by atoms with Gasteiger partial charge in [0.25, 0.3) is 0 Å². The van der Waals surface area contributed by atoms with Crippen molar-refractivity contribution in [3.63, 3.8) is 0 Å². The van der Waals surface area contributed by atoms with Crippen molar-refractivity contribution in [3.05, 3.63) is 71.4 Å². The molecule has 3 aromatic rings. The Kier molecular flexibility index (Phi) is 7.20. The number of ether oxygens (including phenoxy) is 2. The molecular weight excluding hydrogens is 456 g/mol. The number of carbonyl (C=O) groups excluding carboxylic acids is 3. The lowest BCUT2D eigenvalue weighted by Gasteiger charge is -2.30. The fourth-order valence-corrected chi connectivity index (χ4v) is 4.98. The van der Waals surface area contributed by atoms with Crippen LogP contribution in [0.3, 0.4) is 0 Å². The third-order valence-electron chi connectivity index (χ3n) is 6.55. The number of likely N-dealkylation sites (tertiary alicyclic amines) is 1. The van der Waals surface area contributed by atoms with E-state index in [0.717, 1.165) is 22.0 Å². The molecule has 0 N–H and O–H groups in total. The Bertz CT molecular complexity index is 1270. The quantitative estimate of drug-likeness (QED) is 0.441. The third-order valence-corrected chi connectivity index (χ3v) is 6.55. The van der Waals surface area contributed by atoms with Crippen molar-refractivity contribution in [3.8, 4) is 0 Å². The number of benzene rings is 2. The monoisotopic (exact) mass is 490 g/mol. The van der Waals surface area contributed by atoms with Crippen LogP contribution in [0.4, 0.5) is 4.79 Å². The van der Waals surface area contributed by atoms with Gasteiger partial charge in [-0.05, 0) is 63.4 Å². The summed E-state index contributed by atoms with van der Waals surface area (Å²) in [7, 11) is 1.82. The van der Waals surface area contributed by atoms with E-state index in [-0.39, 0.29) is 24.1 Å². The van der Waals surface area contributed by atoms with Crippen LogP contribution in [-0.4, -0.2) is 52.1 Å². The van der Waals surface area contributed by atoms with Gasteiger partial charge in [0.05, 0.1) is 6.61 Å². The molecule has 7 nitrogen and oxygen atoms in total. The van der Waals surface area contributed by atoms with E-state index < -0.39 is 17.7 Å². The summed E-state index contributed by atoms with van der Waals surface area (Å²) in [6.07, 6.45) is 0.407. The number of ketones is 1.